The molecule has 170 valence electrons. The minimum atomic E-state index is -0.775. The van der Waals surface area contributed by atoms with E-state index in [0.717, 1.165) is 11.6 Å². The number of nitrogens with zero attached hydrogens (tertiary/aromatic N) is 2. The van der Waals surface area contributed by atoms with Crippen LogP contribution in [0.5, 0.6) is 0 Å². The number of aromatic amines is 1. The quantitative estimate of drug-likeness (QED) is 0.320. The minimum absolute atomic E-state index is 0.00607. The molecule has 0 spiro atoms. The Balaban J connectivity index is 1.70. The highest BCUT2D eigenvalue weighted by molar-refractivity contribution is 6.33. The van der Waals surface area contributed by atoms with Crippen LogP contribution in [0.2, 0.25) is 5.02 Å². The molecule has 2 aromatic heterocycles. The van der Waals surface area contributed by atoms with Crippen molar-refractivity contribution in [3.8, 4) is 17.2 Å². The molecule has 0 aliphatic carbocycles. The Morgan fingerprint density at radius 1 is 1.18 bits per heavy atom. The molecular formula is C24H18ClFN6O2. The summed E-state index contributed by atoms with van der Waals surface area (Å²) in [4.78, 5) is 32.5. The fourth-order valence-corrected chi connectivity index (χ4v) is 3.81. The maximum atomic E-state index is 14.6. The van der Waals surface area contributed by atoms with Crippen molar-refractivity contribution in [2.45, 2.75) is 6.92 Å². The number of carbonyl (C=O) groups excluding carboxylic acids is 1. The molecule has 4 rings (SSSR count). The molecule has 0 bridgehead atoms. The van der Waals surface area contributed by atoms with Gasteiger partial charge in [-0.3, -0.25) is 4.79 Å². The lowest BCUT2D eigenvalue weighted by atomic mass is 10.0. The molecule has 2 aromatic carbocycles. The van der Waals surface area contributed by atoms with Crippen LogP contribution in [0.3, 0.4) is 0 Å². The molecule has 0 saturated carbocycles. The molecule has 0 unspecified atom stereocenters. The van der Waals surface area contributed by atoms with Crippen molar-refractivity contribution >= 4 is 45.7 Å². The van der Waals surface area contributed by atoms with Crippen LogP contribution >= 0.6 is 11.6 Å². The average molecular weight is 477 g/mol. The number of fused-ring (bicyclic) bond motifs is 1. The van der Waals surface area contributed by atoms with E-state index < -0.39 is 17.4 Å². The summed E-state index contributed by atoms with van der Waals surface area (Å²) in [5, 5.41) is 17.6. The summed E-state index contributed by atoms with van der Waals surface area (Å²) in [6, 6.07) is 11.4. The van der Waals surface area contributed by atoms with Crippen molar-refractivity contribution in [3.05, 3.63) is 81.0 Å². The number of aromatic nitrogens is 2. The molecular weight excluding hydrogens is 459 g/mol. The fourth-order valence-electron chi connectivity index (χ4n) is 3.56. The zero-order chi connectivity index (χ0) is 24.4. The standard InChI is InChI=1S/C24H18ClFN6O2/c1-12-21-14(11-29-22(12)28-2)7-17(23(33)32-21)16-8-20(19(26)9-18(16)25)31-24(34)30-15-5-3-4-13(6-15)10-27/h3-9,11H,1-2H3,(H,28,29)(H,32,33)(H2,30,31,34). The molecule has 0 saturated heterocycles. The van der Waals surface area contributed by atoms with Crippen LogP contribution in [-0.4, -0.2) is 23.0 Å². The zero-order valence-corrected chi connectivity index (χ0v) is 18.8. The number of amides is 2. The van der Waals surface area contributed by atoms with E-state index in [4.69, 9.17) is 16.9 Å². The van der Waals surface area contributed by atoms with Crippen LogP contribution in [0.4, 0.5) is 26.4 Å². The van der Waals surface area contributed by atoms with Gasteiger partial charge in [0, 0.05) is 41.0 Å². The average Bonchev–Trinajstić information content (AvgIpc) is 2.81. The highest BCUT2D eigenvalue weighted by Gasteiger charge is 2.17. The Morgan fingerprint density at radius 3 is 2.71 bits per heavy atom. The Morgan fingerprint density at radius 2 is 1.97 bits per heavy atom. The van der Waals surface area contributed by atoms with E-state index >= 15 is 0 Å². The van der Waals surface area contributed by atoms with Gasteiger partial charge in [-0.2, -0.15) is 5.26 Å². The van der Waals surface area contributed by atoms with Gasteiger partial charge in [-0.15, -0.1) is 0 Å². The molecule has 0 fully saturated rings. The molecule has 4 aromatic rings. The maximum absolute atomic E-state index is 14.6. The first-order chi connectivity index (χ1) is 16.3. The number of rotatable bonds is 4. The third-order valence-corrected chi connectivity index (χ3v) is 5.53. The highest BCUT2D eigenvalue weighted by atomic mass is 35.5. The Hall–Kier alpha value is -4.42. The highest BCUT2D eigenvalue weighted by Crippen LogP contribution is 2.32. The molecule has 10 heteroatoms. The van der Waals surface area contributed by atoms with E-state index in [1.807, 2.05) is 13.0 Å². The molecule has 34 heavy (non-hydrogen) atoms. The molecule has 0 radical (unpaired) electrons. The first-order valence-electron chi connectivity index (χ1n) is 10.1. The number of nitriles is 1. The number of aryl methyl sites for hydroxylation is 1. The number of H-pyrrole nitrogens is 1. The summed E-state index contributed by atoms with van der Waals surface area (Å²) >= 11 is 6.26. The Kier molecular flexibility index (Phi) is 6.17. The van der Waals surface area contributed by atoms with Crippen molar-refractivity contribution < 1.29 is 9.18 Å². The largest absolute Gasteiger partial charge is 0.373 e. The van der Waals surface area contributed by atoms with Gasteiger partial charge in [0.25, 0.3) is 5.56 Å². The third kappa shape index (κ3) is 4.40. The van der Waals surface area contributed by atoms with Gasteiger partial charge in [-0.1, -0.05) is 17.7 Å². The second kappa shape index (κ2) is 9.21. The Labute approximate surface area is 198 Å². The van der Waals surface area contributed by atoms with Gasteiger partial charge in [0.2, 0.25) is 0 Å². The Bertz CT molecular complexity index is 1540. The number of pyridine rings is 2. The van der Waals surface area contributed by atoms with Crippen molar-refractivity contribution in [1.82, 2.24) is 9.97 Å². The summed E-state index contributed by atoms with van der Waals surface area (Å²) in [5.74, 6) is -0.142. The number of hydrogen-bond donors (Lipinski definition) is 4. The predicted octanol–water partition coefficient (Wildman–Crippen LogP) is 5.25. The normalized spacial score (nSPS) is 10.6. The molecule has 0 aliphatic heterocycles. The van der Waals surface area contributed by atoms with E-state index in [9.17, 15) is 14.0 Å². The van der Waals surface area contributed by atoms with Crippen molar-refractivity contribution in [2.24, 2.45) is 0 Å². The second-order valence-electron chi connectivity index (χ2n) is 7.41. The summed E-state index contributed by atoms with van der Waals surface area (Å²) in [5.41, 5.74) is 1.94. The van der Waals surface area contributed by atoms with Crippen molar-refractivity contribution in [2.75, 3.05) is 23.0 Å². The molecule has 0 aliphatic rings. The van der Waals surface area contributed by atoms with Gasteiger partial charge >= 0.3 is 6.03 Å². The van der Waals surface area contributed by atoms with E-state index in [1.165, 1.54) is 12.1 Å². The zero-order valence-electron chi connectivity index (χ0n) is 18.1. The van der Waals surface area contributed by atoms with E-state index in [2.05, 4.69) is 25.9 Å². The number of benzene rings is 2. The molecule has 0 atom stereocenters. The number of nitrogens with one attached hydrogen (secondary N) is 4. The van der Waals surface area contributed by atoms with Gasteiger partial charge in [0.1, 0.15) is 11.6 Å². The lowest BCUT2D eigenvalue weighted by Gasteiger charge is -2.13. The fraction of sp³-hybridized carbons (Fsp3) is 0.0833. The predicted molar refractivity (Wildman–Crippen MR) is 131 cm³/mol. The summed E-state index contributed by atoms with van der Waals surface area (Å²) in [7, 11) is 1.73. The summed E-state index contributed by atoms with van der Waals surface area (Å²) in [6.45, 7) is 1.83. The first kappa shape index (κ1) is 22.8. The molecule has 8 nitrogen and oxygen atoms in total. The SMILES string of the molecule is CNc1ncc2cc(-c3cc(NC(=O)Nc4cccc(C#N)c4)c(F)cc3Cl)c(=O)[nH]c2c1C. The van der Waals surface area contributed by atoms with Crippen LogP contribution in [0.1, 0.15) is 11.1 Å². The smallest absolute Gasteiger partial charge is 0.323 e. The second-order valence-corrected chi connectivity index (χ2v) is 7.82. The lowest BCUT2D eigenvalue weighted by molar-refractivity contribution is 0.262. The minimum Gasteiger partial charge on any atom is -0.373 e. The van der Waals surface area contributed by atoms with Crippen LogP contribution in [0.15, 0.2) is 53.5 Å². The number of hydrogen-bond acceptors (Lipinski definition) is 5. The van der Waals surface area contributed by atoms with Gasteiger partial charge in [0.15, 0.2) is 0 Å². The summed E-state index contributed by atoms with van der Waals surface area (Å²) < 4.78 is 14.6. The van der Waals surface area contributed by atoms with E-state index in [-0.39, 0.29) is 21.8 Å². The van der Waals surface area contributed by atoms with Crippen molar-refractivity contribution in [3.63, 3.8) is 0 Å². The number of urea groups is 1. The monoisotopic (exact) mass is 476 g/mol. The number of carbonyl (C=O) groups is 1. The van der Waals surface area contributed by atoms with Crippen LogP contribution in [0, 0.1) is 24.1 Å². The topological polar surface area (TPSA) is 123 Å². The van der Waals surface area contributed by atoms with Gasteiger partial charge in [-0.05, 0) is 43.3 Å². The van der Waals surface area contributed by atoms with Crippen molar-refractivity contribution in [1.29, 1.82) is 5.26 Å². The summed E-state index contributed by atoms with van der Waals surface area (Å²) in [6.07, 6.45) is 1.60. The van der Waals surface area contributed by atoms with Gasteiger partial charge in [-0.25, -0.2) is 14.2 Å². The third-order valence-electron chi connectivity index (χ3n) is 5.22. The van der Waals surface area contributed by atoms with E-state index in [1.54, 1.807) is 37.5 Å². The molecule has 4 N–H and O–H groups in total. The number of anilines is 3. The molecule has 2 amide bonds. The van der Waals surface area contributed by atoms with Gasteiger partial charge in [0.05, 0.1) is 27.9 Å². The lowest BCUT2D eigenvalue weighted by Crippen LogP contribution is -2.20. The maximum Gasteiger partial charge on any atom is 0.323 e. The van der Waals surface area contributed by atoms with Gasteiger partial charge < -0.3 is 20.9 Å². The first-order valence-corrected chi connectivity index (χ1v) is 10.5. The number of halogens is 2. The van der Waals surface area contributed by atoms with E-state index in [0.29, 0.717) is 28.0 Å². The van der Waals surface area contributed by atoms with Crippen LogP contribution in [0.25, 0.3) is 22.0 Å². The van der Waals surface area contributed by atoms with Crippen LogP contribution < -0.4 is 21.5 Å². The molecule has 2 heterocycles. The van der Waals surface area contributed by atoms with Crippen LogP contribution in [-0.2, 0) is 0 Å².